The lowest BCUT2D eigenvalue weighted by atomic mass is 10.1. The molecular weight excluding hydrogens is 336 g/mol. The fourth-order valence-corrected chi connectivity index (χ4v) is 2.38. The Kier molecular flexibility index (Phi) is 6.03. The van der Waals surface area contributed by atoms with Crippen molar-refractivity contribution in [1.29, 1.82) is 0 Å². The van der Waals surface area contributed by atoms with E-state index in [4.69, 9.17) is 21.1 Å². The molecule has 8 heteroatoms. The number of carbonyl (C=O) groups excluding carboxylic acids is 3. The molecule has 1 aliphatic rings. The van der Waals surface area contributed by atoms with Gasteiger partial charge in [0.15, 0.2) is 13.2 Å². The standard InChI is InChI=1S/C16H19ClN2O5/c1-9-5-11(17)6-10(2)15(9)24-8-14(21)23-7-13(20)19-16(22)18-12-3-4-12/h5-6,12H,3-4,7-8H2,1-2H3,(H2,18,19,20,22). The summed E-state index contributed by atoms with van der Waals surface area (Å²) in [5.74, 6) is -0.855. The van der Waals surface area contributed by atoms with Crippen LogP contribution in [-0.2, 0) is 14.3 Å². The fourth-order valence-electron chi connectivity index (χ4n) is 2.06. The molecule has 2 rings (SSSR count). The van der Waals surface area contributed by atoms with Gasteiger partial charge in [-0.25, -0.2) is 9.59 Å². The zero-order valence-corrected chi connectivity index (χ0v) is 14.2. The highest BCUT2D eigenvalue weighted by Crippen LogP contribution is 2.26. The maximum Gasteiger partial charge on any atom is 0.344 e. The van der Waals surface area contributed by atoms with Crippen LogP contribution >= 0.6 is 11.6 Å². The Balaban J connectivity index is 1.71. The lowest BCUT2D eigenvalue weighted by Crippen LogP contribution is -2.42. The molecular formula is C16H19ClN2O5. The van der Waals surface area contributed by atoms with E-state index in [1.807, 2.05) is 13.8 Å². The number of imide groups is 1. The van der Waals surface area contributed by atoms with Gasteiger partial charge in [0, 0.05) is 11.1 Å². The van der Waals surface area contributed by atoms with Crippen molar-refractivity contribution < 1.29 is 23.9 Å². The van der Waals surface area contributed by atoms with Crippen LogP contribution in [0.15, 0.2) is 12.1 Å². The summed E-state index contributed by atoms with van der Waals surface area (Å²) in [6.45, 7) is 2.74. The second-order valence-corrected chi connectivity index (χ2v) is 6.05. The van der Waals surface area contributed by atoms with E-state index in [9.17, 15) is 14.4 Å². The van der Waals surface area contributed by atoms with Crippen molar-refractivity contribution in [2.45, 2.75) is 32.7 Å². The molecule has 0 aromatic heterocycles. The molecule has 0 heterocycles. The van der Waals surface area contributed by atoms with Crippen molar-refractivity contribution in [3.05, 3.63) is 28.3 Å². The van der Waals surface area contributed by atoms with Gasteiger partial charge in [-0.3, -0.25) is 10.1 Å². The molecule has 24 heavy (non-hydrogen) atoms. The average molecular weight is 355 g/mol. The minimum atomic E-state index is -0.707. The molecule has 0 spiro atoms. The quantitative estimate of drug-likeness (QED) is 0.760. The fraction of sp³-hybridized carbons (Fsp3) is 0.438. The molecule has 1 saturated carbocycles. The number of urea groups is 1. The number of nitrogens with one attached hydrogen (secondary N) is 2. The van der Waals surface area contributed by atoms with Crippen LogP contribution in [0, 0.1) is 13.8 Å². The molecule has 0 aliphatic heterocycles. The van der Waals surface area contributed by atoms with Crippen molar-refractivity contribution in [3.8, 4) is 5.75 Å². The Morgan fingerprint density at radius 2 is 1.79 bits per heavy atom. The molecule has 1 aliphatic carbocycles. The Labute approximate surface area is 144 Å². The van der Waals surface area contributed by atoms with Gasteiger partial charge >= 0.3 is 12.0 Å². The molecule has 0 unspecified atom stereocenters. The molecule has 0 saturated heterocycles. The normalized spacial score (nSPS) is 13.1. The van der Waals surface area contributed by atoms with Gasteiger partial charge in [0.25, 0.3) is 5.91 Å². The van der Waals surface area contributed by atoms with Crippen molar-refractivity contribution in [1.82, 2.24) is 10.6 Å². The second-order valence-electron chi connectivity index (χ2n) is 5.61. The smallest absolute Gasteiger partial charge is 0.344 e. The maximum absolute atomic E-state index is 11.6. The highest BCUT2D eigenvalue weighted by molar-refractivity contribution is 6.30. The predicted molar refractivity (Wildman–Crippen MR) is 87.1 cm³/mol. The topological polar surface area (TPSA) is 93.7 Å². The van der Waals surface area contributed by atoms with E-state index in [1.54, 1.807) is 12.1 Å². The third-order valence-electron chi connectivity index (χ3n) is 3.29. The number of amides is 3. The van der Waals surface area contributed by atoms with Gasteiger partial charge in [-0.05, 0) is 49.9 Å². The van der Waals surface area contributed by atoms with Crippen molar-refractivity contribution >= 4 is 29.5 Å². The van der Waals surface area contributed by atoms with Crippen LogP contribution < -0.4 is 15.4 Å². The number of benzene rings is 1. The Hall–Kier alpha value is -2.28. The van der Waals surface area contributed by atoms with E-state index in [-0.39, 0.29) is 12.6 Å². The summed E-state index contributed by atoms with van der Waals surface area (Å²) in [6.07, 6.45) is 1.83. The predicted octanol–water partition coefficient (Wildman–Crippen LogP) is 1.87. The molecule has 1 aromatic carbocycles. The first kappa shape index (κ1) is 18.1. The van der Waals surface area contributed by atoms with E-state index in [2.05, 4.69) is 10.6 Å². The number of halogens is 1. The highest BCUT2D eigenvalue weighted by atomic mass is 35.5. The number of hydrogen-bond acceptors (Lipinski definition) is 5. The van der Waals surface area contributed by atoms with Gasteiger partial charge in [0.05, 0.1) is 0 Å². The van der Waals surface area contributed by atoms with Gasteiger partial charge in [-0.1, -0.05) is 11.6 Å². The molecule has 0 radical (unpaired) electrons. The third-order valence-corrected chi connectivity index (χ3v) is 3.51. The summed E-state index contributed by atoms with van der Waals surface area (Å²) in [4.78, 5) is 34.4. The van der Waals surface area contributed by atoms with Gasteiger partial charge in [-0.2, -0.15) is 0 Å². The summed E-state index contributed by atoms with van der Waals surface area (Å²) < 4.78 is 10.2. The summed E-state index contributed by atoms with van der Waals surface area (Å²) >= 11 is 5.92. The molecule has 0 bridgehead atoms. The number of hydrogen-bond donors (Lipinski definition) is 2. The molecule has 2 N–H and O–H groups in total. The first-order valence-corrected chi connectivity index (χ1v) is 7.88. The Morgan fingerprint density at radius 3 is 2.38 bits per heavy atom. The molecule has 1 fully saturated rings. The SMILES string of the molecule is Cc1cc(Cl)cc(C)c1OCC(=O)OCC(=O)NC(=O)NC1CC1. The lowest BCUT2D eigenvalue weighted by Gasteiger charge is -2.12. The Bertz CT molecular complexity index is 635. The minimum Gasteiger partial charge on any atom is -0.481 e. The summed E-state index contributed by atoms with van der Waals surface area (Å²) in [7, 11) is 0. The van der Waals surface area contributed by atoms with E-state index in [0.717, 1.165) is 24.0 Å². The zero-order chi connectivity index (χ0) is 17.7. The first-order chi connectivity index (χ1) is 11.3. The summed E-state index contributed by atoms with van der Waals surface area (Å²) in [5.41, 5.74) is 1.59. The first-order valence-electron chi connectivity index (χ1n) is 7.50. The summed E-state index contributed by atoms with van der Waals surface area (Å²) in [6, 6.07) is 3.00. The third kappa shape index (κ3) is 5.73. The molecule has 0 atom stereocenters. The van der Waals surface area contributed by atoms with E-state index >= 15 is 0 Å². The van der Waals surface area contributed by atoms with Crippen molar-refractivity contribution in [2.24, 2.45) is 0 Å². The van der Waals surface area contributed by atoms with Crippen LogP contribution in [0.5, 0.6) is 5.75 Å². The van der Waals surface area contributed by atoms with E-state index in [0.29, 0.717) is 10.8 Å². The molecule has 3 amide bonds. The van der Waals surface area contributed by atoms with E-state index < -0.39 is 24.5 Å². The average Bonchev–Trinajstić information content (AvgIpc) is 3.27. The van der Waals surface area contributed by atoms with Crippen LogP contribution in [-0.4, -0.2) is 37.2 Å². The second kappa shape index (κ2) is 8.01. The molecule has 130 valence electrons. The number of rotatable bonds is 6. The summed E-state index contributed by atoms with van der Waals surface area (Å²) in [5, 5.41) is 5.26. The van der Waals surface area contributed by atoms with Crippen LogP contribution in [0.2, 0.25) is 5.02 Å². The number of carbonyl (C=O) groups is 3. The van der Waals surface area contributed by atoms with Gasteiger partial charge < -0.3 is 14.8 Å². The lowest BCUT2D eigenvalue weighted by molar-refractivity contribution is -0.150. The Morgan fingerprint density at radius 1 is 1.17 bits per heavy atom. The van der Waals surface area contributed by atoms with Crippen LogP contribution in [0.3, 0.4) is 0 Å². The van der Waals surface area contributed by atoms with Crippen molar-refractivity contribution in [3.63, 3.8) is 0 Å². The zero-order valence-electron chi connectivity index (χ0n) is 13.5. The largest absolute Gasteiger partial charge is 0.481 e. The number of ether oxygens (including phenoxy) is 2. The van der Waals surface area contributed by atoms with Crippen LogP contribution in [0.4, 0.5) is 4.79 Å². The van der Waals surface area contributed by atoms with E-state index in [1.165, 1.54) is 0 Å². The van der Waals surface area contributed by atoms with Gasteiger partial charge in [-0.15, -0.1) is 0 Å². The highest BCUT2D eigenvalue weighted by Gasteiger charge is 2.24. The van der Waals surface area contributed by atoms with Gasteiger partial charge in [0.1, 0.15) is 5.75 Å². The van der Waals surface area contributed by atoms with Crippen LogP contribution in [0.25, 0.3) is 0 Å². The number of aryl methyl sites for hydroxylation is 2. The number of esters is 1. The van der Waals surface area contributed by atoms with Gasteiger partial charge in [0.2, 0.25) is 0 Å². The molecule has 7 nitrogen and oxygen atoms in total. The monoisotopic (exact) mass is 354 g/mol. The molecule has 1 aromatic rings. The van der Waals surface area contributed by atoms with Crippen LogP contribution in [0.1, 0.15) is 24.0 Å². The maximum atomic E-state index is 11.6. The van der Waals surface area contributed by atoms with Crippen molar-refractivity contribution in [2.75, 3.05) is 13.2 Å². The minimum absolute atomic E-state index is 0.139.